The summed E-state index contributed by atoms with van der Waals surface area (Å²) in [5.41, 5.74) is 6.87. The average molecular weight is 310 g/mol. The minimum atomic E-state index is -0.522. The number of hydrogen-bond acceptors (Lipinski definition) is 5. The zero-order valence-electron chi connectivity index (χ0n) is 12.4. The Morgan fingerprint density at radius 1 is 1.33 bits per heavy atom. The summed E-state index contributed by atoms with van der Waals surface area (Å²) in [6, 6.07) is 6.07. The molecule has 0 heterocycles. The van der Waals surface area contributed by atoms with Crippen LogP contribution in [0.15, 0.2) is 24.3 Å². The van der Waals surface area contributed by atoms with Crippen LogP contribution in [0.2, 0.25) is 0 Å². The molecule has 0 bridgehead atoms. The fourth-order valence-electron chi connectivity index (χ4n) is 1.58. The molecule has 0 aliphatic rings. The van der Waals surface area contributed by atoms with E-state index in [0.29, 0.717) is 24.3 Å². The van der Waals surface area contributed by atoms with E-state index in [1.165, 1.54) is 0 Å². The second-order valence-corrected chi connectivity index (χ2v) is 5.58. The molecule has 21 heavy (non-hydrogen) atoms. The van der Waals surface area contributed by atoms with Gasteiger partial charge in [-0.3, -0.25) is 4.79 Å². The molecule has 3 N–H and O–H groups in total. The molecule has 0 aliphatic heterocycles. The molecule has 0 aromatic heterocycles. The molecule has 0 unspecified atom stereocenters. The Morgan fingerprint density at radius 3 is 2.57 bits per heavy atom. The van der Waals surface area contributed by atoms with Gasteiger partial charge >= 0.3 is 5.97 Å². The van der Waals surface area contributed by atoms with Gasteiger partial charge in [-0.2, -0.15) is 11.8 Å². The highest BCUT2D eigenvalue weighted by atomic mass is 32.2. The lowest BCUT2D eigenvalue weighted by atomic mass is 10.2. The summed E-state index contributed by atoms with van der Waals surface area (Å²) in [5.74, 6) is 0.272. The SMILES string of the molecule is CCCOC(=O)c1ccc(NC(=O)[C@@H](N)CCSC)cc1. The second-order valence-electron chi connectivity index (χ2n) is 4.59. The van der Waals surface area contributed by atoms with Crippen LogP contribution in [0.3, 0.4) is 0 Å². The molecule has 0 spiro atoms. The first-order chi connectivity index (χ1) is 10.1. The number of benzene rings is 1. The third-order valence-electron chi connectivity index (χ3n) is 2.80. The van der Waals surface area contributed by atoms with Crippen molar-refractivity contribution in [1.82, 2.24) is 0 Å². The van der Waals surface area contributed by atoms with Crippen LogP contribution < -0.4 is 11.1 Å². The van der Waals surface area contributed by atoms with E-state index in [4.69, 9.17) is 10.5 Å². The Kier molecular flexibility index (Phi) is 7.85. The number of anilines is 1. The Balaban J connectivity index is 2.54. The van der Waals surface area contributed by atoms with Crippen molar-refractivity contribution in [2.24, 2.45) is 5.73 Å². The van der Waals surface area contributed by atoms with E-state index in [2.05, 4.69) is 5.32 Å². The quantitative estimate of drug-likeness (QED) is 0.720. The van der Waals surface area contributed by atoms with Crippen LogP contribution in [-0.2, 0) is 9.53 Å². The molecule has 1 rings (SSSR count). The number of amides is 1. The molecule has 0 fully saturated rings. The van der Waals surface area contributed by atoms with E-state index in [1.807, 2.05) is 13.2 Å². The number of hydrogen-bond donors (Lipinski definition) is 2. The van der Waals surface area contributed by atoms with Crippen LogP contribution in [0, 0.1) is 0 Å². The Hall–Kier alpha value is -1.53. The van der Waals surface area contributed by atoms with Crippen molar-refractivity contribution in [1.29, 1.82) is 0 Å². The molecule has 116 valence electrons. The van der Waals surface area contributed by atoms with Gasteiger partial charge in [-0.1, -0.05) is 6.92 Å². The van der Waals surface area contributed by atoms with Gasteiger partial charge < -0.3 is 15.8 Å². The maximum atomic E-state index is 11.8. The maximum Gasteiger partial charge on any atom is 0.338 e. The van der Waals surface area contributed by atoms with Gasteiger partial charge in [0.2, 0.25) is 5.91 Å². The van der Waals surface area contributed by atoms with Crippen molar-refractivity contribution in [2.75, 3.05) is 23.9 Å². The lowest BCUT2D eigenvalue weighted by Crippen LogP contribution is -2.36. The van der Waals surface area contributed by atoms with Gasteiger partial charge in [-0.15, -0.1) is 0 Å². The molecule has 5 nitrogen and oxygen atoms in total. The van der Waals surface area contributed by atoms with Gasteiger partial charge in [0, 0.05) is 5.69 Å². The van der Waals surface area contributed by atoms with Gasteiger partial charge in [-0.25, -0.2) is 4.79 Å². The number of carbonyl (C=O) groups excluding carboxylic acids is 2. The highest BCUT2D eigenvalue weighted by Gasteiger charge is 2.13. The van der Waals surface area contributed by atoms with E-state index >= 15 is 0 Å². The van der Waals surface area contributed by atoms with Crippen molar-refractivity contribution in [3.8, 4) is 0 Å². The maximum absolute atomic E-state index is 11.8. The monoisotopic (exact) mass is 310 g/mol. The number of esters is 1. The number of rotatable bonds is 8. The summed E-state index contributed by atoms with van der Waals surface area (Å²) >= 11 is 1.65. The largest absolute Gasteiger partial charge is 0.462 e. The molecule has 6 heteroatoms. The molecule has 1 atom stereocenters. The zero-order chi connectivity index (χ0) is 15.7. The zero-order valence-corrected chi connectivity index (χ0v) is 13.2. The Morgan fingerprint density at radius 2 is 2.00 bits per heavy atom. The lowest BCUT2D eigenvalue weighted by molar-refractivity contribution is -0.117. The van der Waals surface area contributed by atoms with Crippen LogP contribution in [0.1, 0.15) is 30.1 Å². The fourth-order valence-corrected chi connectivity index (χ4v) is 2.07. The highest BCUT2D eigenvalue weighted by Crippen LogP contribution is 2.11. The number of carbonyl (C=O) groups is 2. The predicted octanol–water partition coefficient (Wildman–Crippen LogP) is 2.27. The molecule has 0 aliphatic carbocycles. The molecular weight excluding hydrogens is 288 g/mol. The molecule has 1 amide bonds. The Bertz CT molecular complexity index is 462. The second kappa shape index (κ2) is 9.41. The van der Waals surface area contributed by atoms with Crippen LogP contribution in [0.4, 0.5) is 5.69 Å². The molecular formula is C15H22N2O3S. The molecule has 1 aromatic rings. The van der Waals surface area contributed by atoms with E-state index in [0.717, 1.165) is 12.2 Å². The highest BCUT2D eigenvalue weighted by molar-refractivity contribution is 7.98. The number of ether oxygens (including phenoxy) is 1. The predicted molar refractivity (Wildman–Crippen MR) is 86.6 cm³/mol. The summed E-state index contributed by atoms with van der Waals surface area (Å²) < 4.78 is 5.03. The van der Waals surface area contributed by atoms with Crippen LogP contribution in [0.25, 0.3) is 0 Å². The first-order valence-electron chi connectivity index (χ1n) is 6.91. The molecule has 1 aromatic carbocycles. The van der Waals surface area contributed by atoms with Crippen molar-refractivity contribution < 1.29 is 14.3 Å². The normalized spacial score (nSPS) is 11.8. The molecule has 0 radical (unpaired) electrons. The van der Waals surface area contributed by atoms with E-state index in [-0.39, 0.29) is 11.9 Å². The summed E-state index contributed by atoms with van der Waals surface area (Å²) in [6.07, 6.45) is 3.39. The number of nitrogens with two attached hydrogens (primary N) is 1. The fraction of sp³-hybridized carbons (Fsp3) is 0.467. The topological polar surface area (TPSA) is 81.4 Å². The van der Waals surface area contributed by atoms with Gasteiger partial charge in [0.05, 0.1) is 18.2 Å². The lowest BCUT2D eigenvalue weighted by Gasteiger charge is -2.12. The third kappa shape index (κ3) is 6.18. The van der Waals surface area contributed by atoms with Gasteiger partial charge in [0.15, 0.2) is 0 Å². The van der Waals surface area contributed by atoms with Crippen molar-refractivity contribution >= 4 is 29.3 Å². The van der Waals surface area contributed by atoms with Crippen LogP contribution in [-0.4, -0.2) is 36.5 Å². The average Bonchev–Trinajstić information content (AvgIpc) is 2.50. The van der Waals surface area contributed by atoms with E-state index < -0.39 is 6.04 Å². The van der Waals surface area contributed by atoms with Gasteiger partial charge in [-0.05, 0) is 49.1 Å². The minimum Gasteiger partial charge on any atom is -0.462 e. The summed E-state index contributed by atoms with van der Waals surface area (Å²) in [5, 5.41) is 2.73. The van der Waals surface area contributed by atoms with Crippen LogP contribution >= 0.6 is 11.8 Å². The summed E-state index contributed by atoms with van der Waals surface area (Å²) in [7, 11) is 0. The number of nitrogens with one attached hydrogen (secondary N) is 1. The summed E-state index contributed by atoms with van der Waals surface area (Å²) in [4.78, 5) is 23.5. The third-order valence-corrected chi connectivity index (χ3v) is 3.44. The molecule has 0 saturated heterocycles. The number of thioether (sulfide) groups is 1. The van der Waals surface area contributed by atoms with Crippen molar-refractivity contribution in [2.45, 2.75) is 25.8 Å². The van der Waals surface area contributed by atoms with Gasteiger partial charge in [0.1, 0.15) is 0 Å². The van der Waals surface area contributed by atoms with E-state index in [1.54, 1.807) is 36.0 Å². The van der Waals surface area contributed by atoms with Crippen molar-refractivity contribution in [3.05, 3.63) is 29.8 Å². The van der Waals surface area contributed by atoms with Crippen LogP contribution in [0.5, 0.6) is 0 Å². The minimum absolute atomic E-state index is 0.217. The van der Waals surface area contributed by atoms with E-state index in [9.17, 15) is 9.59 Å². The van der Waals surface area contributed by atoms with Gasteiger partial charge in [0.25, 0.3) is 0 Å². The summed E-state index contributed by atoms with van der Waals surface area (Å²) in [6.45, 7) is 2.34. The molecule has 0 saturated carbocycles. The standard InChI is InChI=1S/C15H22N2O3S/c1-3-9-20-15(19)11-4-6-12(7-5-11)17-14(18)13(16)8-10-21-2/h4-7,13H,3,8-10,16H2,1-2H3,(H,17,18)/t13-/m0/s1. The Labute approximate surface area is 129 Å². The smallest absolute Gasteiger partial charge is 0.338 e. The first kappa shape index (κ1) is 17.5. The van der Waals surface area contributed by atoms with Crippen molar-refractivity contribution in [3.63, 3.8) is 0 Å². The first-order valence-corrected chi connectivity index (χ1v) is 8.30.